The molecule has 3 unspecified atom stereocenters. The second-order valence-electron chi connectivity index (χ2n) is 6.85. The van der Waals surface area contributed by atoms with Crippen LogP contribution in [0.15, 0.2) is 0 Å². The van der Waals surface area contributed by atoms with Crippen LogP contribution in [-0.4, -0.2) is 47.3 Å². The summed E-state index contributed by atoms with van der Waals surface area (Å²) in [6.45, 7) is 9.55. The van der Waals surface area contributed by atoms with Crippen molar-refractivity contribution >= 4 is 0 Å². The van der Waals surface area contributed by atoms with E-state index in [1.165, 1.54) is 32.2 Å². The zero-order valence-electron chi connectivity index (χ0n) is 13.0. The van der Waals surface area contributed by atoms with E-state index in [9.17, 15) is 5.11 Å². The standard InChI is InChI=1S/C16H32N2O/c1-4-13(3)11-18(5-2)15-8-9-16(10-15,12-19)17-14-6-7-14/h13-15,17,19H,4-12H2,1-3H3. The first kappa shape index (κ1) is 15.3. The topological polar surface area (TPSA) is 35.5 Å². The van der Waals surface area contributed by atoms with Gasteiger partial charge in [-0.25, -0.2) is 0 Å². The summed E-state index contributed by atoms with van der Waals surface area (Å²) in [5, 5.41) is 13.5. The van der Waals surface area contributed by atoms with Gasteiger partial charge in [0.2, 0.25) is 0 Å². The molecule has 112 valence electrons. The first-order chi connectivity index (χ1) is 9.12. The fourth-order valence-corrected chi connectivity index (χ4v) is 3.46. The van der Waals surface area contributed by atoms with E-state index in [-0.39, 0.29) is 5.54 Å². The number of hydrogen-bond acceptors (Lipinski definition) is 3. The average molecular weight is 268 g/mol. The van der Waals surface area contributed by atoms with Crippen molar-refractivity contribution in [1.29, 1.82) is 0 Å². The molecule has 0 saturated heterocycles. The van der Waals surface area contributed by atoms with Gasteiger partial charge in [0.25, 0.3) is 0 Å². The lowest BCUT2D eigenvalue weighted by Crippen LogP contribution is -2.49. The van der Waals surface area contributed by atoms with Gasteiger partial charge in [0.05, 0.1) is 6.61 Å². The van der Waals surface area contributed by atoms with Crippen molar-refractivity contribution < 1.29 is 5.11 Å². The third kappa shape index (κ3) is 3.93. The minimum atomic E-state index is 0.0225. The van der Waals surface area contributed by atoms with E-state index < -0.39 is 0 Å². The number of aliphatic hydroxyl groups excluding tert-OH is 1. The molecule has 0 bridgehead atoms. The van der Waals surface area contributed by atoms with Gasteiger partial charge in [-0.05, 0) is 44.6 Å². The molecule has 2 saturated carbocycles. The van der Waals surface area contributed by atoms with E-state index in [2.05, 4.69) is 31.0 Å². The maximum Gasteiger partial charge on any atom is 0.0614 e. The van der Waals surface area contributed by atoms with Crippen molar-refractivity contribution in [3.05, 3.63) is 0 Å². The summed E-state index contributed by atoms with van der Waals surface area (Å²) in [4.78, 5) is 2.64. The fourth-order valence-electron chi connectivity index (χ4n) is 3.46. The molecule has 0 aromatic carbocycles. The van der Waals surface area contributed by atoms with Gasteiger partial charge < -0.3 is 15.3 Å². The Morgan fingerprint density at radius 1 is 1.32 bits per heavy atom. The molecule has 0 aromatic heterocycles. The molecule has 3 heteroatoms. The van der Waals surface area contributed by atoms with Crippen LogP contribution in [0.3, 0.4) is 0 Å². The minimum Gasteiger partial charge on any atom is -0.394 e. The van der Waals surface area contributed by atoms with E-state index >= 15 is 0 Å². The van der Waals surface area contributed by atoms with E-state index in [1.54, 1.807) is 0 Å². The van der Waals surface area contributed by atoms with E-state index in [0.717, 1.165) is 25.3 Å². The molecular formula is C16H32N2O. The molecule has 2 rings (SSSR count). The summed E-state index contributed by atoms with van der Waals surface area (Å²) in [5.41, 5.74) is 0.0225. The van der Waals surface area contributed by atoms with Crippen molar-refractivity contribution in [2.75, 3.05) is 19.7 Å². The highest BCUT2D eigenvalue weighted by Crippen LogP contribution is 2.36. The molecule has 3 nitrogen and oxygen atoms in total. The summed E-state index contributed by atoms with van der Waals surface area (Å²) in [7, 11) is 0. The van der Waals surface area contributed by atoms with Gasteiger partial charge in [-0.3, -0.25) is 0 Å². The molecule has 2 N–H and O–H groups in total. The van der Waals surface area contributed by atoms with Crippen LogP contribution >= 0.6 is 0 Å². The number of hydrogen-bond donors (Lipinski definition) is 2. The highest BCUT2D eigenvalue weighted by atomic mass is 16.3. The molecule has 0 heterocycles. The lowest BCUT2D eigenvalue weighted by Gasteiger charge is -2.33. The Kier molecular flexibility index (Phi) is 5.27. The smallest absolute Gasteiger partial charge is 0.0614 e. The van der Waals surface area contributed by atoms with Crippen LogP contribution in [0.4, 0.5) is 0 Å². The Balaban J connectivity index is 1.90. The summed E-state index contributed by atoms with van der Waals surface area (Å²) in [6, 6.07) is 1.35. The van der Waals surface area contributed by atoms with Crippen molar-refractivity contribution in [3.63, 3.8) is 0 Å². The van der Waals surface area contributed by atoms with E-state index in [1.807, 2.05) is 0 Å². The van der Waals surface area contributed by atoms with Crippen molar-refractivity contribution in [2.24, 2.45) is 5.92 Å². The van der Waals surface area contributed by atoms with Crippen LogP contribution in [0.5, 0.6) is 0 Å². The molecule has 2 aliphatic rings. The number of aliphatic hydroxyl groups is 1. The third-order valence-corrected chi connectivity index (χ3v) is 5.14. The number of nitrogens with zero attached hydrogens (tertiary/aromatic N) is 1. The van der Waals surface area contributed by atoms with Crippen LogP contribution in [0.1, 0.15) is 59.3 Å². The monoisotopic (exact) mass is 268 g/mol. The summed E-state index contributed by atoms with van der Waals surface area (Å²) in [6.07, 6.45) is 7.37. The van der Waals surface area contributed by atoms with Gasteiger partial charge in [-0.1, -0.05) is 27.2 Å². The normalized spacial score (nSPS) is 33.0. The SMILES string of the molecule is CCC(C)CN(CC)C1CCC(CO)(NC2CC2)C1. The Labute approximate surface area is 118 Å². The van der Waals surface area contributed by atoms with Crippen LogP contribution < -0.4 is 5.32 Å². The maximum atomic E-state index is 9.81. The quantitative estimate of drug-likeness (QED) is 0.709. The predicted molar refractivity (Wildman–Crippen MR) is 80.3 cm³/mol. The Morgan fingerprint density at radius 3 is 2.58 bits per heavy atom. The Hall–Kier alpha value is -0.120. The van der Waals surface area contributed by atoms with Crippen LogP contribution in [-0.2, 0) is 0 Å². The molecule has 0 spiro atoms. The zero-order chi connectivity index (χ0) is 13.9. The molecule has 3 atom stereocenters. The van der Waals surface area contributed by atoms with Gasteiger partial charge in [-0.15, -0.1) is 0 Å². The fraction of sp³-hybridized carbons (Fsp3) is 1.00. The van der Waals surface area contributed by atoms with Gasteiger partial charge in [0.1, 0.15) is 0 Å². The second-order valence-corrected chi connectivity index (χ2v) is 6.85. The molecule has 0 aliphatic heterocycles. The van der Waals surface area contributed by atoms with Crippen LogP contribution in [0, 0.1) is 5.92 Å². The summed E-state index contributed by atoms with van der Waals surface area (Å²) < 4.78 is 0. The lowest BCUT2D eigenvalue weighted by atomic mass is 9.97. The van der Waals surface area contributed by atoms with Crippen molar-refractivity contribution in [3.8, 4) is 0 Å². The predicted octanol–water partition coefficient (Wildman–Crippen LogP) is 2.39. The Bertz CT molecular complexity index is 280. The lowest BCUT2D eigenvalue weighted by molar-refractivity contribution is 0.135. The van der Waals surface area contributed by atoms with E-state index in [0.29, 0.717) is 18.7 Å². The number of rotatable bonds is 8. The minimum absolute atomic E-state index is 0.0225. The van der Waals surface area contributed by atoms with Crippen LogP contribution in [0.25, 0.3) is 0 Å². The molecule has 2 aliphatic carbocycles. The highest BCUT2D eigenvalue weighted by molar-refractivity contribution is 5.03. The second kappa shape index (κ2) is 6.55. The Morgan fingerprint density at radius 2 is 2.05 bits per heavy atom. The highest BCUT2D eigenvalue weighted by Gasteiger charge is 2.43. The molecule has 2 fully saturated rings. The van der Waals surface area contributed by atoms with Crippen molar-refractivity contribution in [1.82, 2.24) is 10.2 Å². The van der Waals surface area contributed by atoms with Gasteiger partial charge in [0.15, 0.2) is 0 Å². The zero-order valence-corrected chi connectivity index (χ0v) is 13.0. The molecule has 19 heavy (non-hydrogen) atoms. The van der Waals surface area contributed by atoms with E-state index in [4.69, 9.17) is 0 Å². The van der Waals surface area contributed by atoms with Gasteiger partial charge >= 0.3 is 0 Å². The van der Waals surface area contributed by atoms with Gasteiger partial charge in [0, 0.05) is 24.2 Å². The largest absolute Gasteiger partial charge is 0.394 e. The molecule has 0 amide bonds. The third-order valence-electron chi connectivity index (χ3n) is 5.14. The van der Waals surface area contributed by atoms with Crippen molar-refractivity contribution in [2.45, 2.75) is 76.9 Å². The average Bonchev–Trinajstić information content (AvgIpc) is 3.13. The first-order valence-corrected chi connectivity index (χ1v) is 8.25. The first-order valence-electron chi connectivity index (χ1n) is 8.25. The summed E-state index contributed by atoms with van der Waals surface area (Å²) >= 11 is 0. The molecule has 0 radical (unpaired) electrons. The molecule has 0 aromatic rings. The number of nitrogens with one attached hydrogen (secondary N) is 1. The molecular weight excluding hydrogens is 236 g/mol. The van der Waals surface area contributed by atoms with Gasteiger partial charge in [-0.2, -0.15) is 0 Å². The summed E-state index contributed by atoms with van der Waals surface area (Å²) in [5.74, 6) is 0.778. The maximum absolute atomic E-state index is 9.81. The van der Waals surface area contributed by atoms with Crippen LogP contribution in [0.2, 0.25) is 0 Å².